The Balaban J connectivity index is 1.51. The number of amides is 1. The molecule has 0 aliphatic rings. The van der Waals surface area contributed by atoms with Gasteiger partial charge >= 0.3 is 0 Å². The highest BCUT2D eigenvalue weighted by molar-refractivity contribution is 7.80. The number of ether oxygens (including phenoxy) is 2. The third-order valence-electron chi connectivity index (χ3n) is 4.62. The molecule has 7 nitrogen and oxygen atoms in total. The van der Waals surface area contributed by atoms with Gasteiger partial charge in [0.05, 0.1) is 19.8 Å². The molecule has 0 bridgehead atoms. The minimum Gasteiger partial charge on any atom is -0.493 e. The fraction of sp³-hybridized carbons (Fsp3) is 0.0870. The first kappa shape index (κ1) is 21.3. The van der Waals surface area contributed by atoms with E-state index in [9.17, 15) is 9.18 Å². The minimum absolute atomic E-state index is 0.0289. The molecule has 0 radical (unpaired) electrons. The molecule has 0 aliphatic carbocycles. The molecule has 1 aromatic heterocycles. The molecule has 4 rings (SSSR count). The van der Waals surface area contributed by atoms with E-state index < -0.39 is 11.7 Å². The predicted octanol–water partition coefficient (Wildman–Crippen LogP) is 4.78. The van der Waals surface area contributed by atoms with Gasteiger partial charge in [0, 0.05) is 11.3 Å². The van der Waals surface area contributed by atoms with E-state index in [-0.39, 0.29) is 10.7 Å². The van der Waals surface area contributed by atoms with Gasteiger partial charge in [-0.3, -0.25) is 10.1 Å². The maximum atomic E-state index is 13.8. The first-order valence-corrected chi connectivity index (χ1v) is 9.89. The molecule has 0 saturated carbocycles. The minimum atomic E-state index is -0.640. The molecule has 32 heavy (non-hydrogen) atoms. The maximum absolute atomic E-state index is 13.8. The summed E-state index contributed by atoms with van der Waals surface area (Å²) in [5, 5.41) is 5.38. The van der Waals surface area contributed by atoms with Crippen molar-refractivity contribution in [1.29, 1.82) is 0 Å². The van der Waals surface area contributed by atoms with Crippen molar-refractivity contribution in [1.82, 2.24) is 10.3 Å². The van der Waals surface area contributed by atoms with E-state index in [0.717, 1.165) is 5.56 Å². The van der Waals surface area contributed by atoms with Crippen molar-refractivity contribution in [3.8, 4) is 23.0 Å². The van der Waals surface area contributed by atoms with Crippen molar-refractivity contribution in [2.45, 2.75) is 0 Å². The number of nitrogens with one attached hydrogen (secondary N) is 2. The number of hydrogen-bond donors (Lipinski definition) is 2. The van der Waals surface area contributed by atoms with Crippen molar-refractivity contribution in [2.24, 2.45) is 0 Å². The van der Waals surface area contributed by atoms with Crippen molar-refractivity contribution < 1.29 is 23.1 Å². The van der Waals surface area contributed by atoms with Gasteiger partial charge in [-0.1, -0.05) is 12.1 Å². The molecule has 1 heterocycles. The number of carbonyl (C=O) groups excluding carboxylic acids is 1. The number of hydrogen-bond acceptors (Lipinski definition) is 6. The summed E-state index contributed by atoms with van der Waals surface area (Å²) >= 11 is 5.18. The number of methoxy groups -OCH3 is 2. The molecule has 0 unspecified atom stereocenters. The third kappa shape index (κ3) is 4.37. The van der Waals surface area contributed by atoms with Gasteiger partial charge in [0.15, 0.2) is 22.2 Å². The number of anilines is 1. The fourth-order valence-electron chi connectivity index (χ4n) is 3.08. The molecule has 1 amide bonds. The Morgan fingerprint density at radius 3 is 2.56 bits per heavy atom. The van der Waals surface area contributed by atoms with Crippen molar-refractivity contribution in [3.05, 3.63) is 72.0 Å². The van der Waals surface area contributed by atoms with Gasteiger partial charge < -0.3 is 19.2 Å². The number of carbonyl (C=O) groups is 1. The highest BCUT2D eigenvalue weighted by Gasteiger charge is 2.14. The Labute approximate surface area is 188 Å². The SMILES string of the molecule is COc1ccc(-c2nc3cc(NC(=S)NC(=O)c4ccccc4F)ccc3o2)cc1OC. The van der Waals surface area contributed by atoms with Gasteiger partial charge in [0.1, 0.15) is 11.3 Å². The summed E-state index contributed by atoms with van der Waals surface area (Å²) in [5.74, 6) is 0.308. The highest BCUT2D eigenvalue weighted by Crippen LogP contribution is 2.33. The van der Waals surface area contributed by atoms with Crippen LogP contribution in [0.3, 0.4) is 0 Å². The second kappa shape index (κ2) is 9.03. The van der Waals surface area contributed by atoms with Crippen molar-refractivity contribution >= 4 is 40.0 Å². The van der Waals surface area contributed by atoms with Crippen LogP contribution < -0.4 is 20.1 Å². The number of halogens is 1. The topological polar surface area (TPSA) is 85.6 Å². The van der Waals surface area contributed by atoms with Gasteiger partial charge in [0.25, 0.3) is 5.91 Å². The molecule has 0 spiro atoms. The Hall–Kier alpha value is -3.98. The second-order valence-electron chi connectivity index (χ2n) is 6.66. The van der Waals surface area contributed by atoms with Gasteiger partial charge in [0.2, 0.25) is 5.89 Å². The van der Waals surface area contributed by atoms with E-state index in [4.69, 9.17) is 26.1 Å². The number of aromatic nitrogens is 1. The Bertz CT molecular complexity index is 1320. The van der Waals surface area contributed by atoms with Crippen LogP contribution in [-0.2, 0) is 0 Å². The summed E-state index contributed by atoms with van der Waals surface area (Å²) in [5.41, 5.74) is 2.37. The zero-order valence-corrected chi connectivity index (χ0v) is 18.0. The van der Waals surface area contributed by atoms with Crippen molar-refractivity contribution in [2.75, 3.05) is 19.5 Å². The molecule has 0 atom stereocenters. The second-order valence-corrected chi connectivity index (χ2v) is 7.07. The van der Waals surface area contributed by atoms with Gasteiger partial charge in [-0.05, 0) is 60.7 Å². The number of oxazole rings is 1. The number of nitrogens with zero attached hydrogens (tertiary/aromatic N) is 1. The van der Waals surface area contributed by atoms with Crippen LogP contribution in [0.1, 0.15) is 10.4 Å². The van der Waals surface area contributed by atoms with Crippen LogP contribution >= 0.6 is 12.2 Å². The van der Waals surface area contributed by atoms with Gasteiger partial charge in [-0.2, -0.15) is 0 Å². The quantitative estimate of drug-likeness (QED) is 0.423. The normalized spacial score (nSPS) is 10.6. The highest BCUT2D eigenvalue weighted by atomic mass is 32.1. The molecule has 3 aromatic carbocycles. The molecule has 2 N–H and O–H groups in total. The van der Waals surface area contributed by atoms with E-state index in [1.807, 2.05) is 6.07 Å². The summed E-state index contributed by atoms with van der Waals surface area (Å²) < 4.78 is 30.2. The first-order valence-electron chi connectivity index (χ1n) is 9.48. The van der Waals surface area contributed by atoms with E-state index in [1.165, 1.54) is 18.2 Å². The van der Waals surface area contributed by atoms with Crippen LogP contribution in [0, 0.1) is 5.82 Å². The van der Waals surface area contributed by atoms with Crippen LogP contribution in [0.5, 0.6) is 11.5 Å². The first-order chi connectivity index (χ1) is 15.5. The van der Waals surface area contributed by atoms with E-state index in [1.54, 1.807) is 50.6 Å². The number of rotatable bonds is 5. The summed E-state index contributed by atoms with van der Waals surface area (Å²) in [6, 6.07) is 16.2. The largest absolute Gasteiger partial charge is 0.493 e. The van der Waals surface area contributed by atoms with Crippen LogP contribution in [0.15, 0.2) is 65.1 Å². The summed E-state index contributed by atoms with van der Waals surface area (Å²) in [7, 11) is 3.12. The lowest BCUT2D eigenvalue weighted by Crippen LogP contribution is -2.34. The zero-order chi connectivity index (χ0) is 22.7. The maximum Gasteiger partial charge on any atom is 0.260 e. The predicted molar refractivity (Wildman–Crippen MR) is 123 cm³/mol. The molecule has 0 fully saturated rings. The van der Waals surface area contributed by atoms with Crippen LogP contribution in [0.25, 0.3) is 22.6 Å². The third-order valence-corrected chi connectivity index (χ3v) is 4.83. The standard InChI is InChI=1S/C23H18FN3O4S/c1-29-19-9-7-13(11-20(19)30-2)22-26-17-12-14(8-10-18(17)31-22)25-23(32)27-21(28)15-5-3-4-6-16(15)24/h3-12H,1-2H3,(H2,25,27,28,32). The van der Waals surface area contributed by atoms with Crippen LogP contribution in [0.4, 0.5) is 10.1 Å². The fourth-order valence-corrected chi connectivity index (χ4v) is 3.29. The molecule has 9 heteroatoms. The number of fused-ring (bicyclic) bond motifs is 1. The smallest absolute Gasteiger partial charge is 0.260 e. The number of thiocarbonyl (C=S) groups is 1. The number of benzene rings is 3. The summed E-state index contributed by atoms with van der Waals surface area (Å²) in [4.78, 5) is 16.7. The summed E-state index contributed by atoms with van der Waals surface area (Å²) in [6.07, 6.45) is 0. The lowest BCUT2D eigenvalue weighted by molar-refractivity contribution is 0.0974. The molecule has 162 valence electrons. The summed E-state index contributed by atoms with van der Waals surface area (Å²) in [6.45, 7) is 0. The molecular weight excluding hydrogens is 433 g/mol. The van der Waals surface area contributed by atoms with Crippen molar-refractivity contribution in [3.63, 3.8) is 0 Å². The van der Waals surface area contributed by atoms with Crippen LogP contribution in [0.2, 0.25) is 0 Å². The van der Waals surface area contributed by atoms with Crippen LogP contribution in [-0.4, -0.2) is 30.2 Å². The van der Waals surface area contributed by atoms with Gasteiger partial charge in [-0.15, -0.1) is 0 Å². The molecule has 0 aliphatic heterocycles. The lowest BCUT2D eigenvalue weighted by Gasteiger charge is -2.09. The monoisotopic (exact) mass is 451 g/mol. The average molecular weight is 451 g/mol. The molecule has 0 saturated heterocycles. The molecular formula is C23H18FN3O4S. The Morgan fingerprint density at radius 1 is 1.03 bits per heavy atom. The molecule has 4 aromatic rings. The zero-order valence-electron chi connectivity index (χ0n) is 17.1. The average Bonchev–Trinajstić information content (AvgIpc) is 3.22. The van der Waals surface area contributed by atoms with Gasteiger partial charge in [-0.25, -0.2) is 9.37 Å². The Morgan fingerprint density at radius 2 is 1.81 bits per heavy atom. The van der Waals surface area contributed by atoms with E-state index in [0.29, 0.717) is 34.2 Å². The lowest BCUT2D eigenvalue weighted by atomic mass is 10.2. The Kier molecular flexibility index (Phi) is 6.00. The van der Waals surface area contributed by atoms with E-state index in [2.05, 4.69) is 15.6 Å². The van der Waals surface area contributed by atoms with E-state index >= 15 is 0 Å².